The van der Waals surface area contributed by atoms with E-state index in [2.05, 4.69) is 15.4 Å². The second-order valence-electron chi connectivity index (χ2n) is 7.15. The number of piperidine rings is 1. The maximum atomic E-state index is 12.9. The molecule has 2 aromatic heterocycles. The van der Waals surface area contributed by atoms with Gasteiger partial charge in [-0.25, -0.2) is 18.1 Å². The summed E-state index contributed by atoms with van der Waals surface area (Å²) in [5, 5.41) is 6.92. The molecule has 0 bridgehead atoms. The van der Waals surface area contributed by atoms with Crippen LogP contribution in [0, 0.1) is 0 Å². The zero-order valence-electron chi connectivity index (χ0n) is 16.4. The zero-order chi connectivity index (χ0) is 21.0. The fraction of sp³-hybridized carbons (Fsp3) is 0.286. The van der Waals surface area contributed by atoms with E-state index in [0.29, 0.717) is 24.5 Å². The molecule has 3 aromatic rings. The number of carbonyl (C=O) groups excluding carboxylic acids is 1. The lowest BCUT2D eigenvalue weighted by Gasteiger charge is -2.26. The Labute approximate surface area is 175 Å². The number of hydrogen-bond donors (Lipinski definition) is 1. The molecular formula is C21H23N5O3S. The fourth-order valence-electron chi connectivity index (χ4n) is 3.41. The lowest BCUT2D eigenvalue weighted by atomic mass is 10.2. The minimum atomic E-state index is -3.50. The van der Waals surface area contributed by atoms with Gasteiger partial charge in [0.05, 0.1) is 10.5 Å². The number of nitrogens with zero attached hydrogens (tertiary/aromatic N) is 4. The molecule has 1 amide bonds. The van der Waals surface area contributed by atoms with Crippen LogP contribution in [0.15, 0.2) is 66.0 Å². The van der Waals surface area contributed by atoms with E-state index in [0.717, 1.165) is 24.8 Å². The largest absolute Gasteiger partial charge is 0.348 e. The molecule has 0 atom stereocenters. The maximum Gasteiger partial charge on any atom is 0.253 e. The Morgan fingerprint density at radius 1 is 1.07 bits per heavy atom. The Bertz CT molecular complexity index is 1110. The van der Waals surface area contributed by atoms with Crippen molar-refractivity contribution in [2.24, 2.45) is 0 Å². The van der Waals surface area contributed by atoms with Gasteiger partial charge in [0, 0.05) is 38.2 Å². The van der Waals surface area contributed by atoms with Crippen LogP contribution in [0.1, 0.15) is 35.2 Å². The maximum absolute atomic E-state index is 12.9. The van der Waals surface area contributed by atoms with Gasteiger partial charge in [-0.05, 0) is 48.7 Å². The topological polar surface area (TPSA) is 97.2 Å². The molecule has 0 saturated carbocycles. The average Bonchev–Trinajstić information content (AvgIpc) is 3.33. The molecule has 0 unspecified atom stereocenters. The van der Waals surface area contributed by atoms with Crippen molar-refractivity contribution in [1.29, 1.82) is 0 Å². The van der Waals surface area contributed by atoms with E-state index in [-0.39, 0.29) is 17.3 Å². The number of pyridine rings is 1. The molecule has 1 fully saturated rings. The van der Waals surface area contributed by atoms with Crippen molar-refractivity contribution in [2.75, 3.05) is 13.1 Å². The van der Waals surface area contributed by atoms with Gasteiger partial charge in [-0.1, -0.05) is 18.6 Å². The number of hydrogen-bond acceptors (Lipinski definition) is 5. The zero-order valence-corrected chi connectivity index (χ0v) is 17.3. The van der Waals surface area contributed by atoms with Gasteiger partial charge in [0.2, 0.25) is 10.0 Å². The standard InChI is InChI=1S/C21H23N5O3S/c27-21(18-8-9-20(22-16-18)26-13-5-10-24-26)23-15-17-6-4-7-19(14-17)30(28,29)25-11-2-1-3-12-25/h4-10,13-14,16H,1-3,11-12,15H2,(H,23,27). The smallest absolute Gasteiger partial charge is 0.253 e. The van der Waals surface area contributed by atoms with Crippen LogP contribution in [0.5, 0.6) is 0 Å². The minimum Gasteiger partial charge on any atom is -0.348 e. The molecule has 4 rings (SSSR count). The summed E-state index contributed by atoms with van der Waals surface area (Å²) >= 11 is 0. The van der Waals surface area contributed by atoms with Gasteiger partial charge in [0.1, 0.15) is 0 Å². The normalized spacial score (nSPS) is 15.1. The van der Waals surface area contributed by atoms with Gasteiger partial charge >= 0.3 is 0 Å². The van der Waals surface area contributed by atoms with E-state index in [1.54, 1.807) is 63.8 Å². The third kappa shape index (κ3) is 4.42. The van der Waals surface area contributed by atoms with Crippen molar-refractivity contribution in [1.82, 2.24) is 24.4 Å². The van der Waals surface area contributed by atoms with Crippen LogP contribution < -0.4 is 5.32 Å². The molecule has 1 aliphatic heterocycles. The summed E-state index contributed by atoms with van der Waals surface area (Å²) in [6.45, 7) is 1.35. The van der Waals surface area contributed by atoms with Gasteiger partial charge < -0.3 is 5.32 Å². The van der Waals surface area contributed by atoms with Crippen LogP contribution in [0.2, 0.25) is 0 Å². The lowest BCUT2D eigenvalue weighted by Crippen LogP contribution is -2.35. The first-order chi connectivity index (χ1) is 14.5. The quantitative estimate of drug-likeness (QED) is 0.654. The summed E-state index contributed by atoms with van der Waals surface area (Å²) in [6, 6.07) is 11.9. The SMILES string of the molecule is O=C(NCc1cccc(S(=O)(=O)N2CCCCC2)c1)c1ccc(-n2cccn2)nc1. The fourth-order valence-corrected chi connectivity index (χ4v) is 5.00. The van der Waals surface area contributed by atoms with Crippen molar-refractivity contribution >= 4 is 15.9 Å². The molecule has 8 nitrogen and oxygen atoms in total. The van der Waals surface area contributed by atoms with Crippen molar-refractivity contribution < 1.29 is 13.2 Å². The number of benzene rings is 1. The Hall–Kier alpha value is -3.04. The molecule has 3 heterocycles. The van der Waals surface area contributed by atoms with Crippen molar-refractivity contribution in [3.63, 3.8) is 0 Å². The third-order valence-corrected chi connectivity index (χ3v) is 6.95. The van der Waals surface area contributed by atoms with E-state index in [4.69, 9.17) is 0 Å². The molecule has 9 heteroatoms. The van der Waals surface area contributed by atoms with Crippen LogP contribution in [0.3, 0.4) is 0 Å². The number of nitrogens with one attached hydrogen (secondary N) is 1. The summed E-state index contributed by atoms with van der Waals surface area (Å²) < 4.78 is 28.9. The molecule has 1 N–H and O–H groups in total. The van der Waals surface area contributed by atoms with Gasteiger partial charge in [0.15, 0.2) is 5.82 Å². The second kappa shape index (κ2) is 8.76. The lowest BCUT2D eigenvalue weighted by molar-refractivity contribution is 0.0950. The van der Waals surface area contributed by atoms with Crippen molar-refractivity contribution in [3.8, 4) is 5.82 Å². The number of sulfonamides is 1. The van der Waals surface area contributed by atoms with E-state index >= 15 is 0 Å². The van der Waals surface area contributed by atoms with Crippen molar-refractivity contribution in [2.45, 2.75) is 30.7 Å². The van der Waals surface area contributed by atoms with Gasteiger partial charge in [-0.3, -0.25) is 4.79 Å². The van der Waals surface area contributed by atoms with Gasteiger partial charge in [-0.2, -0.15) is 9.40 Å². The Morgan fingerprint density at radius 2 is 1.90 bits per heavy atom. The predicted molar refractivity (Wildman–Crippen MR) is 112 cm³/mol. The molecule has 0 aliphatic carbocycles. The number of amides is 1. The highest BCUT2D eigenvalue weighted by Crippen LogP contribution is 2.21. The van der Waals surface area contributed by atoms with E-state index in [9.17, 15) is 13.2 Å². The molecule has 1 aliphatic rings. The van der Waals surface area contributed by atoms with Crippen molar-refractivity contribution in [3.05, 3.63) is 72.2 Å². The molecule has 1 saturated heterocycles. The molecule has 1 aromatic carbocycles. The Kier molecular flexibility index (Phi) is 5.91. The predicted octanol–water partition coefficient (Wildman–Crippen LogP) is 2.37. The highest BCUT2D eigenvalue weighted by molar-refractivity contribution is 7.89. The first-order valence-electron chi connectivity index (χ1n) is 9.87. The molecule has 30 heavy (non-hydrogen) atoms. The van der Waals surface area contributed by atoms with E-state index in [1.165, 1.54) is 6.20 Å². The monoisotopic (exact) mass is 425 g/mol. The Balaban J connectivity index is 1.41. The molecular weight excluding hydrogens is 402 g/mol. The van der Waals surface area contributed by atoms with E-state index in [1.807, 2.05) is 0 Å². The van der Waals surface area contributed by atoms with E-state index < -0.39 is 10.0 Å². The minimum absolute atomic E-state index is 0.225. The number of carbonyl (C=O) groups is 1. The average molecular weight is 426 g/mol. The molecule has 156 valence electrons. The first kappa shape index (κ1) is 20.2. The first-order valence-corrected chi connectivity index (χ1v) is 11.3. The van der Waals surface area contributed by atoms with Crippen LogP contribution in [-0.4, -0.2) is 46.5 Å². The molecule has 0 spiro atoms. The van der Waals surface area contributed by atoms with Crippen LogP contribution >= 0.6 is 0 Å². The second-order valence-corrected chi connectivity index (χ2v) is 9.09. The van der Waals surface area contributed by atoms with Crippen LogP contribution in [-0.2, 0) is 16.6 Å². The van der Waals surface area contributed by atoms with Gasteiger partial charge in [0.25, 0.3) is 5.91 Å². The number of rotatable bonds is 6. The number of aromatic nitrogens is 3. The Morgan fingerprint density at radius 3 is 2.60 bits per heavy atom. The highest BCUT2D eigenvalue weighted by atomic mass is 32.2. The summed E-state index contributed by atoms with van der Waals surface area (Å²) in [6.07, 6.45) is 7.76. The summed E-state index contributed by atoms with van der Waals surface area (Å²) in [5.41, 5.74) is 1.14. The highest BCUT2D eigenvalue weighted by Gasteiger charge is 2.25. The van der Waals surface area contributed by atoms with Crippen LogP contribution in [0.4, 0.5) is 0 Å². The summed E-state index contributed by atoms with van der Waals surface area (Å²) in [4.78, 5) is 17.0. The molecule has 0 radical (unpaired) electrons. The van der Waals surface area contributed by atoms with Crippen LogP contribution in [0.25, 0.3) is 5.82 Å². The summed E-state index contributed by atoms with van der Waals surface area (Å²) in [5.74, 6) is 0.339. The summed E-state index contributed by atoms with van der Waals surface area (Å²) in [7, 11) is -3.50. The van der Waals surface area contributed by atoms with Gasteiger partial charge in [-0.15, -0.1) is 0 Å². The third-order valence-electron chi connectivity index (χ3n) is 5.05.